The zero-order valence-corrected chi connectivity index (χ0v) is 16.4. The van der Waals surface area contributed by atoms with Crippen LogP contribution in [0.4, 0.5) is 5.69 Å². The Morgan fingerprint density at radius 2 is 1.88 bits per heavy atom. The van der Waals surface area contributed by atoms with E-state index in [-0.39, 0.29) is 5.78 Å². The van der Waals surface area contributed by atoms with Crippen LogP contribution in [-0.2, 0) is 0 Å². The van der Waals surface area contributed by atoms with Gasteiger partial charge in [-0.15, -0.1) is 0 Å². The number of benzene rings is 1. The third-order valence-corrected chi connectivity index (χ3v) is 4.70. The summed E-state index contributed by atoms with van der Waals surface area (Å²) in [5, 5.41) is 3.12. The number of hydrogen-bond donors (Lipinski definition) is 1. The first-order chi connectivity index (χ1) is 11.5. The molecule has 1 N–H and O–H groups in total. The molecule has 1 aromatic heterocycles. The lowest BCUT2D eigenvalue weighted by Crippen LogP contribution is -2.51. The fourth-order valence-electron chi connectivity index (χ4n) is 2.37. The number of hydrogen-bond acceptors (Lipinski definition) is 3. The summed E-state index contributed by atoms with van der Waals surface area (Å²) >= 11 is 8.94. The van der Waals surface area contributed by atoms with E-state index in [2.05, 4.69) is 21.2 Å². The Balaban J connectivity index is 2.43. The van der Waals surface area contributed by atoms with Gasteiger partial charge in [-0.2, -0.15) is 4.57 Å². The van der Waals surface area contributed by atoms with Crippen LogP contribution in [0.2, 0.25) is 0 Å². The summed E-state index contributed by atoms with van der Waals surface area (Å²) < 4.78 is 2.62. The largest absolute Gasteiger partial charge is 0.377 e. The molecule has 0 saturated heterocycles. The van der Waals surface area contributed by atoms with Gasteiger partial charge in [0.25, 0.3) is 6.04 Å². The molecule has 1 unspecified atom stereocenters. The van der Waals surface area contributed by atoms with Crippen LogP contribution in [0, 0.1) is 0 Å². The number of likely N-dealkylation sites (N-methyl/N-ethyl adjacent to an activating group) is 1. The van der Waals surface area contributed by atoms with E-state index in [9.17, 15) is 4.79 Å². The topological polar surface area (TPSA) is 36.2 Å². The number of nitrogens with one attached hydrogen (secondary N) is 1. The Labute approximate surface area is 156 Å². The summed E-state index contributed by atoms with van der Waals surface area (Å²) in [5.41, 5.74) is 1.68. The first-order valence-corrected chi connectivity index (χ1v) is 8.90. The predicted octanol–water partition coefficient (Wildman–Crippen LogP) is 3.16. The fraction of sp³-hybridized carbons (Fsp3) is 0.278. The molecule has 0 radical (unpaired) electrons. The second-order valence-electron chi connectivity index (χ2n) is 5.54. The van der Waals surface area contributed by atoms with Crippen molar-refractivity contribution in [3.05, 3.63) is 58.8 Å². The molecule has 6 heteroatoms. The molecule has 24 heavy (non-hydrogen) atoms. The van der Waals surface area contributed by atoms with Crippen LogP contribution >= 0.6 is 28.1 Å². The smallest absolute Gasteiger partial charge is 0.270 e. The predicted molar refractivity (Wildman–Crippen MR) is 105 cm³/mol. The van der Waals surface area contributed by atoms with Gasteiger partial charge in [-0.05, 0) is 19.1 Å². The molecule has 0 fully saturated rings. The summed E-state index contributed by atoms with van der Waals surface area (Å²) in [6, 6.07) is 10.8. The van der Waals surface area contributed by atoms with Crippen molar-refractivity contribution in [2.75, 3.05) is 25.5 Å². The first kappa shape index (κ1) is 18.5. The number of carbonyl (C=O) groups is 1. The van der Waals surface area contributed by atoms with Gasteiger partial charge in [0.2, 0.25) is 5.78 Å². The maximum Gasteiger partial charge on any atom is 0.270 e. The summed E-state index contributed by atoms with van der Waals surface area (Å²) in [6.07, 6.45) is 3.77. The highest BCUT2D eigenvalue weighted by Gasteiger charge is 2.33. The van der Waals surface area contributed by atoms with Crippen LogP contribution in [0.5, 0.6) is 0 Å². The molecule has 2 aromatic rings. The molecule has 0 aliphatic heterocycles. The van der Waals surface area contributed by atoms with E-state index >= 15 is 0 Å². The van der Waals surface area contributed by atoms with Gasteiger partial charge < -0.3 is 10.2 Å². The number of rotatable bonds is 6. The number of pyridine rings is 1. The average Bonchev–Trinajstić information content (AvgIpc) is 2.56. The van der Waals surface area contributed by atoms with Crippen molar-refractivity contribution in [2.45, 2.75) is 13.0 Å². The van der Waals surface area contributed by atoms with Crippen molar-refractivity contribution in [3.8, 4) is 0 Å². The molecule has 0 bridgehead atoms. The summed E-state index contributed by atoms with van der Waals surface area (Å²) in [4.78, 5) is 15.6. The third-order valence-electron chi connectivity index (χ3n) is 3.64. The summed E-state index contributed by atoms with van der Waals surface area (Å²) in [5.74, 6) is -0.0453. The van der Waals surface area contributed by atoms with Crippen molar-refractivity contribution < 1.29 is 9.36 Å². The molecule has 0 aliphatic carbocycles. The second-order valence-corrected chi connectivity index (χ2v) is 6.83. The molecule has 1 aromatic carbocycles. The SMILES string of the molecule is CCNC(=S)C(C(=O)c1ccccc1Br)[n+]1ccc(N(C)C)cc1. The van der Waals surface area contributed by atoms with Crippen LogP contribution in [0.15, 0.2) is 53.3 Å². The van der Waals surface area contributed by atoms with Crippen LogP contribution in [0.1, 0.15) is 23.3 Å². The number of anilines is 1. The third kappa shape index (κ3) is 4.19. The fourth-order valence-corrected chi connectivity index (χ4v) is 3.22. The van der Waals surface area contributed by atoms with Crippen LogP contribution < -0.4 is 14.8 Å². The second kappa shape index (κ2) is 8.35. The van der Waals surface area contributed by atoms with Gasteiger partial charge in [0.15, 0.2) is 17.4 Å². The number of nitrogens with zero attached hydrogens (tertiary/aromatic N) is 2. The van der Waals surface area contributed by atoms with E-state index < -0.39 is 6.04 Å². The minimum absolute atomic E-state index is 0.0453. The van der Waals surface area contributed by atoms with Gasteiger partial charge in [0.1, 0.15) is 0 Å². The Kier molecular flexibility index (Phi) is 6.45. The Morgan fingerprint density at radius 3 is 2.42 bits per heavy atom. The van der Waals surface area contributed by atoms with Crippen molar-refractivity contribution in [3.63, 3.8) is 0 Å². The molecule has 126 valence electrons. The highest BCUT2D eigenvalue weighted by Crippen LogP contribution is 2.20. The van der Waals surface area contributed by atoms with E-state index in [1.807, 2.05) is 79.3 Å². The molecule has 4 nitrogen and oxygen atoms in total. The zero-order chi connectivity index (χ0) is 17.7. The van der Waals surface area contributed by atoms with Crippen LogP contribution in [-0.4, -0.2) is 31.4 Å². The van der Waals surface area contributed by atoms with Crippen LogP contribution in [0.25, 0.3) is 0 Å². The van der Waals surface area contributed by atoms with E-state index in [4.69, 9.17) is 12.2 Å². The minimum atomic E-state index is -0.574. The first-order valence-electron chi connectivity index (χ1n) is 7.70. The number of Topliss-reactive ketones (excluding diaryl/α,β-unsaturated/α-hetero) is 1. The number of halogens is 1. The molecular weight excluding hydrogens is 386 g/mol. The van der Waals surface area contributed by atoms with Crippen molar-refractivity contribution in [1.29, 1.82) is 0 Å². The Hall–Kier alpha value is -1.79. The number of ketones is 1. The molecule has 0 aliphatic rings. The Bertz CT molecular complexity index is 731. The molecule has 1 atom stereocenters. The normalized spacial score (nSPS) is 11.7. The molecular formula is C18H21BrN3OS+. The molecule has 2 rings (SSSR count). The maximum absolute atomic E-state index is 13.1. The van der Waals surface area contributed by atoms with Gasteiger partial charge in [-0.1, -0.05) is 40.3 Å². The van der Waals surface area contributed by atoms with Crippen molar-refractivity contribution >= 4 is 44.6 Å². The van der Waals surface area contributed by atoms with Gasteiger partial charge >= 0.3 is 0 Å². The minimum Gasteiger partial charge on any atom is -0.377 e. The highest BCUT2D eigenvalue weighted by molar-refractivity contribution is 9.10. The zero-order valence-electron chi connectivity index (χ0n) is 14.0. The highest BCUT2D eigenvalue weighted by atomic mass is 79.9. The average molecular weight is 407 g/mol. The number of thiocarbonyl (C=S) groups is 1. The van der Waals surface area contributed by atoms with Gasteiger partial charge in [-0.3, -0.25) is 4.79 Å². The van der Waals surface area contributed by atoms with E-state index in [1.165, 1.54) is 0 Å². The van der Waals surface area contributed by atoms with Crippen molar-refractivity contribution in [1.82, 2.24) is 5.32 Å². The quantitative estimate of drug-likeness (QED) is 0.454. The molecule has 0 amide bonds. The lowest BCUT2D eigenvalue weighted by molar-refractivity contribution is -0.692. The van der Waals surface area contributed by atoms with Gasteiger partial charge in [0.05, 0.1) is 0 Å². The van der Waals surface area contributed by atoms with E-state index in [0.29, 0.717) is 17.1 Å². The lowest BCUT2D eigenvalue weighted by Gasteiger charge is -2.16. The number of carbonyl (C=O) groups excluding carboxylic acids is 1. The van der Waals surface area contributed by atoms with Crippen molar-refractivity contribution in [2.24, 2.45) is 0 Å². The molecule has 1 heterocycles. The number of aromatic nitrogens is 1. The lowest BCUT2D eigenvalue weighted by atomic mass is 10.0. The molecule has 0 saturated carbocycles. The van der Waals surface area contributed by atoms with Gasteiger partial charge in [0, 0.05) is 48.5 Å². The van der Waals surface area contributed by atoms with E-state index in [0.717, 1.165) is 10.2 Å². The monoisotopic (exact) mass is 406 g/mol. The molecule has 0 spiro atoms. The van der Waals surface area contributed by atoms with Crippen LogP contribution in [0.3, 0.4) is 0 Å². The Morgan fingerprint density at radius 1 is 1.25 bits per heavy atom. The standard InChI is InChI=1S/C18H20BrN3OS/c1-4-20-18(24)16(17(23)14-7-5-6-8-15(14)19)22-11-9-13(10-12-22)21(2)3/h5-12,16H,4H2,1-3H3/p+1. The maximum atomic E-state index is 13.1. The van der Waals surface area contributed by atoms with Gasteiger partial charge in [-0.25, -0.2) is 0 Å². The summed E-state index contributed by atoms with van der Waals surface area (Å²) in [7, 11) is 3.96. The summed E-state index contributed by atoms with van der Waals surface area (Å²) in [6.45, 7) is 2.64. The van der Waals surface area contributed by atoms with E-state index in [1.54, 1.807) is 0 Å².